The van der Waals surface area contributed by atoms with E-state index in [1.54, 1.807) is 47.5 Å². The second-order valence-corrected chi connectivity index (χ2v) is 14.3. The highest BCUT2D eigenvalue weighted by Crippen LogP contribution is 2.33. The van der Waals surface area contributed by atoms with Crippen LogP contribution in [0.1, 0.15) is 60.6 Å². The van der Waals surface area contributed by atoms with Gasteiger partial charge in [0.15, 0.2) is 5.01 Å². The summed E-state index contributed by atoms with van der Waals surface area (Å²) in [5.74, 6) is -0.293. The second-order valence-electron chi connectivity index (χ2n) is 10.9. The molecule has 1 saturated carbocycles. The maximum atomic E-state index is 13.6. The SMILES string of the molecule is C[C@H](CN1CCCCC1)[C@H](NC(=O)c1ncc(-c2cnn3ccc(Cl)cc23)s1)c1cc(NS(=O)(=O)C2CC2)ccn1. The molecule has 5 heterocycles. The standard InChI is InChI=1S/C28H32ClN7O3S2/c1-18(17-35-10-3-2-4-11-35)26(23-14-20(7-9-30-23)34-41(38,39)21-5-6-21)33-27(37)28-31-16-25(40-28)22-15-32-36-12-8-19(29)13-24(22)36/h7-9,12-16,18,21,26H,2-6,10-11,17H2,1H3,(H,30,34)(H,33,37)/t18-,26+/m1/s1. The summed E-state index contributed by atoms with van der Waals surface area (Å²) >= 11 is 7.49. The lowest BCUT2D eigenvalue weighted by molar-refractivity contribution is 0.0908. The van der Waals surface area contributed by atoms with Crippen molar-refractivity contribution in [1.82, 2.24) is 29.8 Å². The monoisotopic (exact) mass is 613 g/mol. The molecule has 2 N–H and O–H groups in total. The minimum atomic E-state index is -3.43. The van der Waals surface area contributed by atoms with Gasteiger partial charge in [-0.2, -0.15) is 5.10 Å². The molecule has 2 aliphatic rings. The smallest absolute Gasteiger partial charge is 0.280 e. The number of likely N-dealkylation sites (tertiary alicyclic amines) is 1. The molecule has 4 aromatic heterocycles. The molecular weight excluding hydrogens is 582 g/mol. The van der Waals surface area contributed by atoms with E-state index in [-0.39, 0.29) is 17.1 Å². The van der Waals surface area contributed by atoms with Crippen LogP contribution in [-0.4, -0.2) is 63.7 Å². The topological polar surface area (TPSA) is 122 Å². The fraction of sp³-hybridized carbons (Fsp3) is 0.429. The number of pyridine rings is 2. The lowest BCUT2D eigenvalue weighted by atomic mass is 9.96. The van der Waals surface area contributed by atoms with Gasteiger partial charge < -0.3 is 10.2 Å². The van der Waals surface area contributed by atoms with E-state index in [1.807, 2.05) is 6.07 Å². The van der Waals surface area contributed by atoms with Gasteiger partial charge in [-0.1, -0.05) is 24.9 Å². The van der Waals surface area contributed by atoms with Gasteiger partial charge in [-0.25, -0.2) is 17.9 Å². The number of carbonyl (C=O) groups is 1. The van der Waals surface area contributed by atoms with Gasteiger partial charge in [0.1, 0.15) is 0 Å². The Morgan fingerprint density at radius 2 is 1.95 bits per heavy atom. The number of halogens is 1. The Hall–Kier alpha value is -3.06. The Kier molecular flexibility index (Phi) is 7.99. The van der Waals surface area contributed by atoms with Crippen LogP contribution in [0.15, 0.2) is 49.1 Å². The highest BCUT2D eigenvalue weighted by molar-refractivity contribution is 7.93. The summed E-state index contributed by atoms with van der Waals surface area (Å²) in [5.41, 5.74) is 2.73. The number of hydrogen-bond acceptors (Lipinski definition) is 8. The lowest BCUT2D eigenvalue weighted by Crippen LogP contribution is -2.40. The first-order valence-corrected chi connectivity index (χ1v) is 16.6. The number of amides is 1. The van der Waals surface area contributed by atoms with E-state index in [2.05, 4.69) is 36.9 Å². The Bertz CT molecular complexity index is 1660. The molecule has 4 aromatic rings. The van der Waals surface area contributed by atoms with Crippen LogP contribution in [0, 0.1) is 5.92 Å². The molecule has 0 unspecified atom stereocenters. The van der Waals surface area contributed by atoms with E-state index in [4.69, 9.17) is 11.6 Å². The van der Waals surface area contributed by atoms with Crippen molar-refractivity contribution in [2.45, 2.75) is 50.3 Å². The third kappa shape index (κ3) is 6.40. The maximum Gasteiger partial charge on any atom is 0.280 e. The van der Waals surface area contributed by atoms with Crippen LogP contribution in [0.5, 0.6) is 0 Å². The summed E-state index contributed by atoms with van der Waals surface area (Å²) in [6.45, 7) is 4.94. The van der Waals surface area contributed by atoms with Crippen molar-refractivity contribution >= 4 is 50.1 Å². The number of fused-ring (bicyclic) bond motifs is 1. The van der Waals surface area contributed by atoms with Crippen LogP contribution >= 0.6 is 22.9 Å². The van der Waals surface area contributed by atoms with Crippen molar-refractivity contribution in [3.8, 4) is 10.4 Å². The number of anilines is 1. The fourth-order valence-electron chi connectivity index (χ4n) is 5.32. The number of hydrogen-bond donors (Lipinski definition) is 2. The molecule has 2 fully saturated rings. The molecule has 0 aromatic carbocycles. The van der Waals surface area contributed by atoms with Gasteiger partial charge >= 0.3 is 0 Å². The highest BCUT2D eigenvalue weighted by atomic mass is 35.5. The third-order valence-electron chi connectivity index (χ3n) is 7.62. The minimum Gasteiger partial charge on any atom is -0.341 e. The molecule has 0 bridgehead atoms. The van der Waals surface area contributed by atoms with Gasteiger partial charge in [0.05, 0.1) is 39.3 Å². The number of sulfonamides is 1. The Labute approximate surface area is 248 Å². The van der Waals surface area contributed by atoms with E-state index in [0.717, 1.165) is 48.4 Å². The first kappa shape index (κ1) is 28.1. The molecule has 1 aliphatic heterocycles. The zero-order valence-electron chi connectivity index (χ0n) is 22.7. The zero-order chi connectivity index (χ0) is 28.6. The Balaban J connectivity index is 1.25. The normalized spacial score (nSPS) is 17.8. The second kappa shape index (κ2) is 11.7. The number of nitrogens with one attached hydrogen (secondary N) is 2. The predicted octanol–water partition coefficient (Wildman–Crippen LogP) is 5.00. The predicted molar refractivity (Wildman–Crippen MR) is 161 cm³/mol. The van der Waals surface area contributed by atoms with Gasteiger partial charge in [-0.15, -0.1) is 11.3 Å². The van der Waals surface area contributed by atoms with E-state index < -0.39 is 16.1 Å². The van der Waals surface area contributed by atoms with Crippen LogP contribution in [0.4, 0.5) is 5.69 Å². The molecule has 0 radical (unpaired) electrons. The summed E-state index contributed by atoms with van der Waals surface area (Å²) in [5, 5.41) is 8.13. The summed E-state index contributed by atoms with van der Waals surface area (Å²) in [7, 11) is -3.43. The van der Waals surface area contributed by atoms with Gasteiger partial charge in [-0.3, -0.25) is 14.5 Å². The average Bonchev–Trinajstić information content (AvgIpc) is 3.58. The Morgan fingerprint density at radius 3 is 2.73 bits per heavy atom. The summed E-state index contributed by atoms with van der Waals surface area (Å²) < 4.78 is 29.6. The van der Waals surface area contributed by atoms with Crippen molar-refractivity contribution < 1.29 is 13.2 Å². The van der Waals surface area contributed by atoms with Gasteiger partial charge in [0.2, 0.25) is 10.0 Å². The van der Waals surface area contributed by atoms with Crippen LogP contribution in [-0.2, 0) is 10.0 Å². The van der Waals surface area contributed by atoms with Gasteiger partial charge in [-0.05, 0) is 69.0 Å². The molecule has 13 heteroatoms. The van der Waals surface area contributed by atoms with E-state index in [9.17, 15) is 13.2 Å². The van der Waals surface area contributed by atoms with Crippen molar-refractivity contribution in [1.29, 1.82) is 0 Å². The molecule has 216 valence electrons. The van der Waals surface area contributed by atoms with Crippen LogP contribution in [0.3, 0.4) is 0 Å². The zero-order valence-corrected chi connectivity index (χ0v) is 25.1. The van der Waals surface area contributed by atoms with E-state index in [1.165, 1.54) is 17.8 Å². The summed E-state index contributed by atoms with van der Waals surface area (Å²) in [4.78, 5) is 25.8. The summed E-state index contributed by atoms with van der Waals surface area (Å²) in [6, 6.07) is 6.53. The quantitative estimate of drug-likeness (QED) is 0.258. The fourth-order valence-corrected chi connectivity index (χ4v) is 7.70. The third-order valence-corrected chi connectivity index (χ3v) is 10.8. The van der Waals surface area contributed by atoms with Gasteiger partial charge in [0.25, 0.3) is 5.91 Å². The van der Waals surface area contributed by atoms with Gasteiger partial charge in [0, 0.05) is 35.7 Å². The molecule has 1 saturated heterocycles. The van der Waals surface area contributed by atoms with E-state index in [0.29, 0.717) is 34.3 Å². The number of rotatable bonds is 10. The number of aromatic nitrogens is 4. The molecule has 1 aliphatic carbocycles. The van der Waals surface area contributed by atoms with E-state index >= 15 is 0 Å². The number of piperidine rings is 1. The number of nitrogens with zero attached hydrogens (tertiary/aromatic N) is 5. The Morgan fingerprint density at radius 1 is 1.15 bits per heavy atom. The molecular formula is C28H32ClN7O3S2. The number of thiazole rings is 1. The van der Waals surface area contributed by atoms with Crippen molar-refractivity contribution in [2.75, 3.05) is 24.4 Å². The molecule has 10 nitrogen and oxygen atoms in total. The van der Waals surface area contributed by atoms with Crippen LogP contribution in [0.2, 0.25) is 5.02 Å². The lowest BCUT2D eigenvalue weighted by Gasteiger charge is -2.32. The molecule has 1 amide bonds. The van der Waals surface area contributed by atoms with Crippen LogP contribution in [0.25, 0.3) is 16.0 Å². The molecule has 6 rings (SSSR count). The maximum absolute atomic E-state index is 13.6. The largest absolute Gasteiger partial charge is 0.341 e. The highest BCUT2D eigenvalue weighted by Gasteiger charge is 2.36. The molecule has 0 spiro atoms. The summed E-state index contributed by atoms with van der Waals surface area (Å²) in [6.07, 6.45) is 11.7. The molecule has 41 heavy (non-hydrogen) atoms. The van der Waals surface area contributed by atoms with Crippen molar-refractivity contribution in [3.63, 3.8) is 0 Å². The first-order valence-electron chi connectivity index (χ1n) is 13.9. The van der Waals surface area contributed by atoms with Crippen LogP contribution < -0.4 is 10.0 Å². The van der Waals surface area contributed by atoms with Crippen molar-refractivity contribution in [2.24, 2.45) is 5.92 Å². The van der Waals surface area contributed by atoms with Crippen molar-refractivity contribution in [3.05, 3.63) is 64.8 Å². The number of carbonyl (C=O) groups excluding carboxylic acids is 1. The minimum absolute atomic E-state index is 0.0148. The molecule has 2 atom stereocenters. The first-order chi connectivity index (χ1) is 19.8. The average molecular weight is 614 g/mol.